The van der Waals surface area contributed by atoms with Gasteiger partial charge >= 0.3 is 0 Å². The van der Waals surface area contributed by atoms with Crippen molar-refractivity contribution in [2.24, 2.45) is 0 Å². The molecule has 1 aliphatic heterocycles. The van der Waals surface area contributed by atoms with Crippen LogP contribution in [0.2, 0.25) is 0 Å². The zero-order valence-corrected chi connectivity index (χ0v) is 37.8. The fraction of sp³-hybridized carbons (Fsp3) is 0.0149. The summed E-state index contributed by atoms with van der Waals surface area (Å²) in [6, 6.07) is 99.0. The monoisotopic (exact) mass is 876 g/mol. The molecule has 11 aromatic rings. The lowest BCUT2D eigenvalue weighted by Gasteiger charge is -2.36. The van der Waals surface area contributed by atoms with Crippen molar-refractivity contribution in [3.63, 3.8) is 0 Å². The molecule has 2 aliphatic carbocycles. The molecule has 0 unspecified atom stereocenters. The lowest BCUT2D eigenvalue weighted by molar-refractivity contribution is 0.775. The minimum absolute atomic E-state index is 0.579. The predicted molar refractivity (Wildman–Crippen MR) is 287 cm³/mol. The van der Waals surface area contributed by atoms with Gasteiger partial charge in [-0.1, -0.05) is 224 Å². The zero-order valence-electron chi connectivity index (χ0n) is 37.8. The standard InChI is InChI=1S/C67H44N2/c1-3-22-45(23-4-1)48-26-14-19-39-63(48)68(65-41-21-35-57-52-30-10-9-29-51(52)56-34-15-20-40-64(56)69(66(57)65)46-24-5-2-6-25-46)47-42-43-62-58(44-47)55-33-13-18-38-61(55)67(62)59-36-16-11-31-53(59)49-27-7-8-28-50(49)54-32-12-17-37-60(54)67/h1-44H. The molecular formula is C67H44N2. The summed E-state index contributed by atoms with van der Waals surface area (Å²) >= 11 is 0. The minimum Gasteiger partial charge on any atom is -0.308 e. The Bertz CT molecular complexity index is 3750. The Kier molecular flexibility index (Phi) is 8.84. The van der Waals surface area contributed by atoms with Crippen LogP contribution in [0.25, 0.3) is 66.8 Å². The first-order valence-electron chi connectivity index (χ1n) is 23.9. The van der Waals surface area contributed by atoms with Gasteiger partial charge in [0, 0.05) is 28.1 Å². The fourth-order valence-corrected chi connectivity index (χ4v) is 12.1. The number of anilines is 6. The molecule has 0 saturated carbocycles. The second-order valence-electron chi connectivity index (χ2n) is 18.3. The molecule has 0 aromatic heterocycles. The Hall–Kier alpha value is -8.98. The third kappa shape index (κ3) is 5.73. The van der Waals surface area contributed by atoms with Gasteiger partial charge in [-0.3, -0.25) is 0 Å². The highest BCUT2D eigenvalue weighted by molar-refractivity contribution is 6.08. The lowest BCUT2D eigenvalue weighted by Crippen LogP contribution is -2.29. The maximum Gasteiger partial charge on any atom is 0.0781 e. The maximum absolute atomic E-state index is 2.53. The van der Waals surface area contributed by atoms with Crippen LogP contribution in [0.5, 0.6) is 0 Å². The molecule has 69 heavy (non-hydrogen) atoms. The van der Waals surface area contributed by atoms with Crippen molar-refractivity contribution in [2.45, 2.75) is 5.41 Å². The number of para-hydroxylation sites is 4. The van der Waals surface area contributed by atoms with Gasteiger partial charge in [0.15, 0.2) is 0 Å². The SMILES string of the molecule is c1ccc(-c2ccccc2N(c2ccc3c(c2)-c2ccccc2C32c3ccccc3-c3ccccc3-c3ccccc32)c2cccc3c2N(c2ccccc2)c2ccccc2-c2ccccc2-3)cc1. The number of rotatable bonds is 5. The van der Waals surface area contributed by atoms with E-state index in [0.29, 0.717) is 0 Å². The second-order valence-corrected chi connectivity index (χ2v) is 18.3. The van der Waals surface area contributed by atoms with Crippen LogP contribution < -0.4 is 9.80 Å². The van der Waals surface area contributed by atoms with Crippen molar-refractivity contribution in [3.05, 3.63) is 289 Å². The summed E-state index contributed by atoms with van der Waals surface area (Å²) in [7, 11) is 0. The minimum atomic E-state index is -0.579. The van der Waals surface area contributed by atoms with Crippen molar-refractivity contribution in [1.82, 2.24) is 0 Å². The molecule has 0 atom stereocenters. The van der Waals surface area contributed by atoms with E-state index in [1.165, 1.54) is 77.9 Å². The molecule has 0 bridgehead atoms. The molecule has 11 aromatic carbocycles. The van der Waals surface area contributed by atoms with Gasteiger partial charge in [-0.25, -0.2) is 0 Å². The average Bonchev–Trinajstić information content (AvgIpc) is 3.57. The van der Waals surface area contributed by atoms with Crippen LogP contribution in [0.1, 0.15) is 22.3 Å². The summed E-state index contributed by atoms with van der Waals surface area (Å²) in [5.74, 6) is 0. The Morgan fingerprint density at radius 1 is 0.275 bits per heavy atom. The van der Waals surface area contributed by atoms with E-state index < -0.39 is 5.41 Å². The quantitative estimate of drug-likeness (QED) is 0.170. The van der Waals surface area contributed by atoms with Crippen molar-refractivity contribution in [3.8, 4) is 66.8 Å². The van der Waals surface area contributed by atoms with Crippen molar-refractivity contribution >= 4 is 34.1 Å². The van der Waals surface area contributed by atoms with Crippen LogP contribution in [0.4, 0.5) is 34.1 Å². The molecule has 322 valence electrons. The van der Waals surface area contributed by atoms with Crippen LogP contribution in [-0.2, 0) is 5.41 Å². The Morgan fingerprint density at radius 2 is 0.696 bits per heavy atom. The van der Waals surface area contributed by atoms with E-state index in [-0.39, 0.29) is 0 Å². The van der Waals surface area contributed by atoms with Gasteiger partial charge in [0.1, 0.15) is 0 Å². The van der Waals surface area contributed by atoms with E-state index in [1.54, 1.807) is 0 Å². The van der Waals surface area contributed by atoms with E-state index in [4.69, 9.17) is 0 Å². The highest BCUT2D eigenvalue weighted by atomic mass is 15.2. The van der Waals surface area contributed by atoms with Gasteiger partial charge in [0.2, 0.25) is 0 Å². The first kappa shape index (κ1) is 39.2. The topological polar surface area (TPSA) is 6.48 Å². The van der Waals surface area contributed by atoms with Crippen molar-refractivity contribution in [2.75, 3.05) is 9.80 Å². The summed E-state index contributed by atoms with van der Waals surface area (Å²) < 4.78 is 0. The van der Waals surface area contributed by atoms with Gasteiger partial charge in [0.05, 0.1) is 28.2 Å². The van der Waals surface area contributed by atoms with Crippen LogP contribution in [-0.4, -0.2) is 0 Å². The molecule has 3 aliphatic rings. The summed E-state index contributed by atoms with van der Waals surface area (Å²) in [5, 5.41) is 0. The van der Waals surface area contributed by atoms with Gasteiger partial charge in [-0.2, -0.15) is 0 Å². The van der Waals surface area contributed by atoms with Gasteiger partial charge < -0.3 is 9.80 Å². The average molecular weight is 877 g/mol. The third-order valence-corrected chi connectivity index (χ3v) is 14.8. The van der Waals surface area contributed by atoms with E-state index in [0.717, 1.165) is 45.3 Å². The van der Waals surface area contributed by atoms with E-state index in [2.05, 4.69) is 277 Å². The Morgan fingerprint density at radius 3 is 1.32 bits per heavy atom. The summed E-state index contributed by atoms with van der Waals surface area (Å²) in [5.41, 5.74) is 25.9. The molecule has 0 fully saturated rings. The molecule has 2 nitrogen and oxygen atoms in total. The molecule has 1 heterocycles. The van der Waals surface area contributed by atoms with Gasteiger partial charge in [-0.05, 0) is 115 Å². The van der Waals surface area contributed by atoms with Crippen LogP contribution >= 0.6 is 0 Å². The van der Waals surface area contributed by atoms with Crippen LogP contribution in [0.3, 0.4) is 0 Å². The van der Waals surface area contributed by atoms with Crippen molar-refractivity contribution in [1.29, 1.82) is 0 Å². The number of benzene rings is 11. The highest BCUT2D eigenvalue weighted by Gasteiger charge is 2.50. The van der Waals surface area contributed by atoms with E-state index in [1.807, 2.05) is 0 Å². The van der Waals surface area contributed by atoms with Gasteiger partial charge in [-0.15, -0.1) is 0 Å². The van der Waals surface area contributed by atoms with Crippen molar-refractivity contribution < 1.29 is 0 Å². The Balaban J connectivity index is 1.09. The first-order chi connectivity index (χ1) is 34.3. The molecule has 0 N–H and O–H groups in total. The lowest BCUT2D eigenvalue weighted by atomic mass is 9.66. The molecule has 2 heteroatoms. The summed E-state index contributed by atoms with van der Waals surface area (Å²) in [4.78, 5) is 5.03. The molecule has 0 saturated heterocycles. The smallest absolute Gasteiger partial charge is 0.0781 e. The first-order valence-corrected chi connectivity index (χ1v) is 23.9. The second kappa shape index (κ2) is 15.6. The number of hydrogen-bond donors (Lipinski definition) is 0. The third-order valence-electron chi connectivity index (χ3n) is 14.8. The highest BCUT2D eigenvalue weighted by Crippen LogP contribution is 2.63. The van der Waals surface area contributed by atoms with E-state index >= 15 is 0 Å². The fourth-order valence-electron chi connectivity index (χ4n) is 12.1. The number of nitrogens with zero attached hydrogens (tertiary/aromatic N) is 2. The molecular weight excluding hydrogens is 833 g/mol. The number of hydrogen-bond acceptors (Lipinski definition) is 2. The summed E-state index contributed by atoms with van der Waals surface area (Å²) in [6.07, 6.45) is 0. The largest absolute Gasteiger partial charge is 0.308 e. The van der Waals surface area contributed by atoms with E-state index in [9.17, 15) is 0 Å². The molecule has 0 amide bonds. The molecule has 1 spiro atoms. The molecule has 0 radical (unpaired) electrons. The molecule has 14 rings (SSSR count). The van der Waals surface area contributed by atoms with Crippen LogP contribution in [0, 0.1) is 0 Å². The number of fused-ring (bicyclic) bond motifs is 17. The predicted octanol–water partition coefficient (Wildman–Crippen LogP) is 18.0. The Labute approximate surface area is 403 Å². The maximum atomic E-state index is 2.53. The summed E-state index contributed by atoms with van der Waals surface area (Å²) in [6.45, 7) is 0. The zero-order chi connectivity index (χ0) is 45.5. The normalized spacial score (nSPS) is 13.0. The van der Waals surface area contributed by atoms with Gasteiger partial charge in [0.25, 0.3) is 0 Å². The van der Waals surface area contributed by atoms with Crippen LogP contribution in [0.15, 0.2) is 267 Å².